The zero-order valence-electron chi connectivity index (χ0n) is 53.5. The fourth-order valence-electron chi connectivity index (χ4n) is 10.7. The average Bonchev–Trinajstić information content (AvgIpc) is 1.63. The molecule has 0 saturated carbocycles. The van der Waals surface area contributed by atoms with E-state index in [0.717, 1.165) is 9.80 Å². The number of fused-ring (bicyclic) bond motifs is 5. The van der Waals surface area contributed by atoms with E-state index < -0.39 is 176 Å². The van der Waals surface area contributed by atoms with Crippen molar-refractivity contribution in [3.05, 3.63) is 35.4 Å². The van der Waals surface area contributed by atoms with Crippen LogP contribution in [0, 0.1) is 11.8 Å². The van der Waals surface area contributed by atoms with Crippen molar-refractivity contribution in [3.8, 4) is 5.75 Å². The number of aliphatic hydroxyl groups is 3. The van der Waals surface area contributed by atoms with Crippen molar-refractivity contribution in [3.63, 3.8) is 0 Å². The van der Waals surface area contributed by atoms with Gasteiger partial charge in [0.15, 0.2) is 0 Å². The predicted octanol–water partition coefficient (Wildman–Crippen LogP) is -5.11. The van der Waals surface area contributed by atoms with Crippen LogP contribution >= 0.6 is 11.8 Å². The molecule has 1 saturated heterocycles. The maximum Gasteiger partial charge on any atom is 0.253 e. The number of nitrogens with two attached hydrogens (primary N) is 1. The Morgan fingerprint density at radius 2 is 1.42 bits per heavy atom. The number of aromatic amines is 1. The summed E-state index contributed by atoms with van der Waals surface area (Å²) in [7, 11) is -1.02. The lowest BCUT2D eigenvalue weighted by Gasteiger charge is -2.32. The van der Waals surface area contributed by atoms with E-state index in [9.17, 15) is 72.9 Å². The highest BCUT2D eigenvalue weighted by atomic mass is 32.2. The van der Waals surface area contributed by atoms with Crippen LogP contribution in [0.4, 0.5) is 0 Å². The van der Waals surface area contributed by atoms with Crippen LogP contribution in [0.2, 0.25) is 0 Å². The predicted molar refractivity (Wildman–Crippen MR) is 339 cm³/mol. The van der Waals surface area contributed by atoms with Crippen LogP contribution in [0.3, 0.4) is 0 Å². The zero-order chi connectivity index (χ0) is 69.3. The second kappa shape index (κ2) is 38.2. The van der Waals surface area contributed by atoms with Crippen molar-refractivity contribution >= 4 is 104 Å². The number of unbranched alkanes of at least 4 members (excludes halogenated alkanes) is 1. The number of primary amides is 1. The van der Waals surface area contributed by atoms with Gasteiger partial charge in [-0.2, -0.15) is 11.8 Å². The number of carbonyl (C=O) groups is 12. The number of rotatable bonds is 30. The van der Waals surface area contributed by atoms with E-state index in [0.29, 0.717) is 73.6 Å². The molecule has 5 heterocycles. The van der Waals surface area contributed by atoms with Gasteiger partial charge in [0.2, 0.25) is 59.1 Å². The van der Waals surface area contributed by atoms with E-state index in [4.69, 9.17) is 29.4 Å². The molecule has 1 aromatic heterocycles. The monoisotopic (exact) mass is 1380 g/mol. The average molecular weight is 1380 g/mol. The standard InChI is InChI=1S/C60H88N12O21S2/c1-5-33(2)51-57(85)64-27-47(78)65-41-32-95(88)59-37(25-39(54(82)63-28-48(79)68-51)66-58(86)52(34(3)43(75)30-73)69-56(84)42-24-35(74)29-72(42)60(87)40(26-45(61)76)67-55(41)83)36-8-9-44(89-4)38(53(36)70-59)31-94-23-7-6-13-62-46(77)12-15-90-17-19-92-21-22-93-20-18-91-16-14-71-49(80)10-11-50(71)81/h8-11,33-35,39-43,51-52,70,73-75H,5-7,12-32H2,1-4H3,(H2,61,76)(H,62,77)(H,63,82)(H,64,85)(H,65,78)(H,66,86)(H,67,83)(H,68,79)(H,69,84)/t33-,34-,35+,39-,40-,41-,42-,43+,51-,52-,95?/m0/s1. The molecule has 6 rings (SSSR count). The highest BCUT2D eigenvalue weighted by molar-refractivity contribution is 7.98. The van der Waals surface area contributed by atoms with Crippen molar-refractivity contribution < 1.29 is 101 Å². The van der Waals surface area contributed by atoms with Gasteiger partial charge in [0.25, 0.3) is 11.8 Å². The summed E-state index contributed by atoms with van der Waals surface area (Å²) in [5.74, 6) is -11.8. The third-order valence-corrected chi connectivity index (χ3v) is 18.8. The molecule has 12 amide bonds. The molecule has 95 heavy (non-hydrogen) atoms. The van der Waals surface area contributed by atoms with Gasteiger partial charge in [0.1, 0.15) is 47.0 Å². The second-order valence-corrected chi connectivity index (χ2v) is 25.6. The van der Waals surface area contributed by atoms with Gasteiger partial charge in [-0.15, -0.1) is 0 Å². The third kappa shape index (κ3) is 22.5. The number of amides is 12. The van der Waals surface area contributed by atoms with E-state index in [1.165, 1.54) is 37.9 Å². The van der Waals surface area contributed by atoms with Crippen molar-refractivity contribution in [2.24, 2.45) is 17.6 Å². The molecule has 11 atom stereocenters. The molecule has 1 unspecified atom stereocenters. The summed E-state index contributed by atoms with van der Waals surface area (Å²) < 4.78 is 43.0. The lowest BCUT2D eigenvalue weighted by atomic mass is 9.93. The van der Waals surface area contributed by atoms with Crippen LogP contribution in [0.15, 0.2) is 29.3 Å². The topological polar surface area (TPSA) is 473 Å². The molecule has 33 nitrogen and oxygen atoms in total. The van der Waals surface area contributed by atoms with Crippen molar-refractivity contribution in [2.75, 3.05) is 111 Å². The maximum atomic E-state index is 15.3. The lowest BCUT2D eigenvalue weighted by Crippen LogP contribution is -2.62. The molecule has 14 N–H and O–H groups in total. The first-order chi connectivity index (χ1) is 45.5. The van der Waals surface area contributed by atoms with Crippen LogP contribution in [0.5, 0.6) is 5.75 Å². The first-order valence-corrected chi connectivity index (χ1v) is 33.8. The molecule has 1 aromatic carbocycles. The Kier molecular flexibility index (Phi) is 30.7. The number of thioether (sulfide) groups is 1. The number of hydrogen-bond donors (Lipinski definition) is 13. The number of H-pyrrole nitrogens is 1. The van der Waals surface area contributed by atoms with Crippen LogP contribution in [-0.2, 0) is 99.5 Å². The molecule has 2 bridgehead atoms. The number of ether oxygens (including phenoxy) is 5. The van der Waals surface area contributed by atoms with Gasteiger partial charge in [-0.3, -0.25) is 66.6 Å². The molecule has 4 aliphatic heterocycles. The molecule has 2 aromatic rings. The number of nitrogens with zero attached hydrogens (tertiary/aromatic N) is 2. The smallest absolute Gasteiger partial charge is 0.253 e. The summed E-state index contributed by atoms with van der Waals surface area (Å²) in [4.78, 5) is 168. The normalized spacial score (nSPS) is 23.7. The van der Waals surface area contributed by atoms with Crippen LogP contribution in [0.1, 0.15) is 70.4 Å². The number of aliphatic hydroxyl groups excluding tert-OH is 3. The minimum absolute atomic E-state index is 0.107. The second-order valence-electron chi connectivity index (χ2n) is 23.1. The quantitative estimate of drug-likeness (QED) is 0.0257. The fourth-order valence-corrected chi connectivity index (χ4v) is 13.1. The Balaban J connectivity index is 1.21. The Morgan fingerprint density at radius 1 is 0.779 bits per heavy atom. The summed E-state index contributed by atoms with van der Waals surface area (Å²) in [6, 6.07) is -6.98. The van der Waals surface area contributed by atoms with E-state index >= 15 is 4.21 Å². The Hall–Kier alpha value is -7.64. The van der Waals surface area contributed by atoms with Crippen LogP contribution in [0.25, 0.3) is 10.9 Å². The lowest BCUT2D eigenvalue weighted by molar-refractivity contribution is -0.144. The molecular formula is C60H88N12O21S2. The van der Waals surface area contributed by atoms with Gasteiger partial charge < -0.3 is 97.2 Å². The first kappa shape index (κ1) is 76.4. The number of methoxy groups -OCH3 is 1. The maximum absolute atomic E-state index is 15.3. The minimum atomic E-state index is -2.45. The van der Waals surface area contributed by atoms with Crippen LogP contribution < -0.4 is 53.0 Å². The summed E-state index contributed by atoms with van der Waals surface area (Å²) in [5.41, 5.74) is 6.57. The van der Waals surface area contributed by atoms with Crippen molar-refractivity contribution in [2.45, 2.75) is 125 Å². The van der Waals surface area contributed by atoms with E-state index in [2.05, 4.69) is 47.5 Å². The minimum Gasteiger partial charge on any atom is -0.496 e. The van der Waals surface area contributed by atoms with Crippen LogP contribution in [-0.4, -0.2) is 264 Å². The highest BCUT2D eigenvalue weighted by Gasteiger charge is 2.45. The largest absolute Gasteiger partial charge is 0.496 e. The summed E-state index contributed by atoms with van der Waals surface area (Å²) in [5, 5.41) is 52.5. The van der Waals surface area contributed by atoms with Gasteiger partial charge in [0, 0.05) is 67.1 Å². The first-order valence-electron chi connectivity index (χ1n) is 31.3. The molecule has 0 radical (unpaired) electrons. The summed E-state index contributed by atoms with van der Waals surface area (Å²) in [6.45, 7) is 4.32. The number of nitrogens with one attached hydrogen (secondary N) is 9. The molecule has 4 aliphatic rings. The number of imide groups is 1. The van der Waals surface area contributed by atoms with Gasteiger partial charge in [-0.05, 0) is 42.2 Å². The Morgan fingerprint density at radius 3 is 2.06 bits per heavy atom. The van der Waals surface area contributed by atoms with E-state index in [1.54, 1.807) is 26.0 Å². The zero-order valence-corrected chi connectivity index (χ0v) is 55.2. The number of hydrogen-bond acceptors (Lipinski definition) is 22. The van der Waals surface area contributed by atoms with E-state index in [-0.39, 0.29) is 80.1 Å². The number of aromatic nitrogens is 1. The van der Waals surface area contributed by atoms with Crippen molar-refractivity contribution in [1.29, 1.82) is 0 Å². The summed E-state index contributed by atoms with van der Waals surface area (Å²) in [6.07, 6.45) is -0.790. The Labute approximate surface area is 554 Å². The molecule has 0 aliphatic carbocycles. The van der Waals surface area contributed by atoms with Gasteiger partial charge in [0.05, 0.1) is 127 Å². The highest BCUT2D eigenvalue weighted by Crippen LogP contribution is 2.36. The molecule has 35 heteroatoms. The number of benzene rings is 1. The SMILES string of the molecule is CC[C@H](C)[C@@H]1NC(=O)CNC(=O)[C@@H]2Cc3c([nH]c4c(CSCCCCNC(=O)CCOCCOCCOCCOCCN5C(=O)C=CC5=O)c(OC)ccc34)S(=O)C[C@H](NC(=O)CNC1=O)C(=O)N[C@@H](CC(N)=O)C(=O)N1C[C@H](O)C[C@H]1C(=O)N[C@@H]([C@@H](C)[C@H](O)CO)C(=O)N2. The van der Waals surface area contributed by atoms with Gasteiger partial charge >= 0.3 is 0 Å². The summed E-state index contributed by atoms with van der Waals surface area (Å²) >= 11 is 1.48. The van der Waals surface area contributed by atoms with E-state index in [1.807, 2.05) is 0 Å². The molecule has 0 spiro atoms. The fraction of sp³-hybridized carbons (Fsp3) is 0.633. The number of carbonyl (C=O) groups excluding carboxylic acids is 12. The molecular weight excluding hydrogens is 1290 g/mol. The Bertz CT molecular complexity index is 3120. The molecule has 1 fully saturated rings. The van der Waals surface area contributed by atoms with Crippen molar-refractivity contribution in [1.82, 2.24) is 57.3 Å². The third-order valence-electron chi connectivity index (χ3n) is 16.2. The van der Waals surface area contributed by atoms with Gasteiger partial charge in [-0.25, -0.2) is 0 Å². The molecule has 526 valence electrons. The van der Waals surface area contributed by atoms with Gasteiger partial charge in [-0.1, -0.05) is 27.2 Å².